The molecular formula is C14H23NO4. The molecular weight excluding hydrogens is 246 g/mol. The smallest absolute Gasteiger partial charge is 0.232 e. The van der Waals surface area contributed by atoms with Crippen molar-refractivity contribution in [3.63, 3.8) is 0 Å². The molecule has 19 heavy (non-hydrogen) atoms. The van der Waals surface area contributed by atoms with Crippen LogP contribution in [-0.2, 0) is 9.59 Å². The third kappa shape index (κ3) is 4.44. The van der Waals surface area contributed by atoms with Gasteiger partial charge in [0, 0.05) is 18.5 Å². The highest BCUT2D eigenvalue weighted by Gasteiger charge is 2.37. The van der Waals surface area contributed by atoms with Crippen molar-refractivity contribution in [2.75, 3.05) is 0 Å². The maximum atomic E-state index is 12.1. The highest BCUT2D eigenvalue weighted by molar-refractivity contribution is 6.22. The summed E-state index contributed by atoms with van der Waals surface area (Å²) in [5.41, 5.74) is 0.134. The van der Waals surface area contributed by atoms with Crippen LogP contribution in [0.1, 0.15) is 47.0 Å². The van der Waals surface area contributed by atoms with Gasteiger partial charge in [0.15, 0.2) is 11.6 Å². The Morgan fingerprint density at radius 1 is 1.21 bits per heavy atom. The number of Topliss-reactive ketones (excluding diaryl/α,β-unsaturated/α-hetero) is 2. The summed E-state index contributed by atoms with van der Waals surface area (Å²) in [7, 11) is 0. The van der Waals surface area contributed by atoms with Crippen LogP contribution in [0.25, 0.3) is 0 Å². The minimum absolute atomic E-state index is 0.112. The predicted molar refractivity (Wildman–Crippen MR) is 70.9 cm³/mol. The van der Waals surface area contributed by atoms with Crippen molar-refractivity contribution >= 4 is 11.6 Å². The Kier molecular flexibility index (Phi) is 4.87. The molecule has 0 aromatic rings. The highest BCUT2D eigenvalue weighted by atomic mass is 16.5. The van der Waals surface area contributed by atoms with Gasteiger partial charge in [0.1, 0.15) is 0 Å². The Bertz CT molecular complexity index is 374. The highest BCUT2D eigenvalue weighted by Crippen LogP contribution is 2.35. The third-order valence-corrected chi connectivity index (χ3v) is 3.05. The largest absolute Gasteiger partial charge is 0.351 e. The Morgan fingerprint density at radius 3 is 2.05 bits per heavy atom. The Balaban J connectivity index is 3.13. The molecule has 1 aliphatic carbocycles. The van der Waals surface area contributed by atoms with E-state index in [-0.39, 0.29) is 28.5 Å². The van der Waals surface area contributed by atoms with Crippen molar-refractivity contribution in [1.82, 2.24) is 5.32 Å². The van der Waals surface area contributed by atoms with E-state index >= 15 is 0 Å². The molecule has 0 atom stereocenters. The van der Waals surface area contributed by atoms with Gasteiger partial charge in [-0.1, -0.05) is 27.7 Å². The van der Waals surface area contributed by atoms with E-state index in [1.807, 2.05) is 27.7 Å². The number of allylic oxidation sites excluding steroid dienone is 2. The molecule has 0 radical (unpaired) electrons. The summed E-state index contributed by atoms with van der Waals surface area (Å²) >= 11 is 0. The van der Waals surface area contributed by atoms with Crippen molar-refractivity contribution in [3.05, 3.63) is 11.3 Å². The number of ketones is 2. The van der Waals surface area contributed by atoms with Gasteiger partial charge in [-0.3, -0.25) is 9.59 Å². The zero-order chi connectivity index (χ0) is 14.8. The molecule has 1 saturated carbocycles. The van der Waals surface area contributed by atoms with Crippen LogP contribution in [0.3, 0.4) is 0 Å². The zero-order valence-corrected chi connectivity index (χ0v) is 12.0. The molecule has 0 heterocycles. The average Bonchev–Trinajstić information content (AvgIpc) is 2.10. The molecule has 3 N–H and O–H groups in total. The molecule has 0 aromatic carbocycles. The molecule has 108 valence electrons. The van der Waals surface area contributed by atoms with Crippen molar-refractivity contribution in [2.45, 2.75) is 53.4 Å². The lowest BCUT2D eigenvalue weighted by atomic mass is 9.73. The number of carbonyl (C=O) groups excluding carboxylic acids is 2. The fraction of sp³-hybridized carbons (Fsp3) is 0.714. The van der Waals surface area contributed by atoms with Crippen LogP contribution in [0.4, 0.5) is 0 Å². The summed E-state index contributed by atoms with van der Waals surface area (Å²) in [6, 6.07) is 0. The van der Waals surface area contributed by atoms with Crippen molar-refractivity contribution in [3.8, 4) is 0 Å². The second kappa shape index (κ2) is 5.84. The second-order valence-electron chi connectivity index (χ2n) is 6.33. The number of aliphatic hydroxyl groups is 2. The SMILES string of the molecule is CC(C)CC(NC(O)O)=C1C(=O)CC(C)(C)CC1=O. The van der Waals surface area contributed by atoms with Crippen LogP contribution in [0.2, 0.25) is 0 Å². The van der Waals surface area contributed by atoms with E-state index in [1.165, 1.54) is 0 Å². The topological polar surface area (TPSA) is 86.6 Å². The molecule has 0 aromatic heterocycles. The molecule has 0 saturated heterocycles. The van der Waals surface area contributed by atoms with E-state index in [0.29, 0.717) is 25.0 Å². The fourth-order valence-electron chi connectivity index (χ4n) is 2.40. The summed E-state index contributed by atoms with van der Waals surface area (Å²) in [5, 5.41) is 20.5. The first-order valence-corrected chi connectivity index (χ1v) is 6.54. The molecule has 5 nitrogen and oxygen atoms in total. The molecule has 0 aliphatic heterocycles. The van der Waals surface area contributed by atoms with Crippen LogP contribution in [0, 0.1) is 11.3 Å². The van der Waals surface area contributed by atoms with Gasteiger partial charge in [0.2, 0.25) is 6.41 Å². The maximum absolute atomic E-state index is 12.1. The van der Waals surface area contributed by atoms with Crippen LogP contribution in [0.5, 0.6) is 0 Å². The fourth-order valence-corrected chi connectivity index (χ4v) is 2.40. The maximum Gasteiger partial charge on any atom is 0.232 e. The van der Waals surface area contributed by atoms with Crippen LogP contribution < -0.4 is 5.32 Å². The molecule has 0 unspecified atom stereocenters. The van der Waals surface area contributed by atoms with E-state index in [2.05, 4.69) is 5.32 Å². The van der Waals surface area contributed by atoms with Crippen LogP contribution >= 0.6 is 0 Å². The molecule has 0 spiro atoms. The van der Waals surface area contributed by atoms with E-state index in [0.717, 1.165) is 0 Å². The molecule has 1 aliphatic rings. The molecule has 0 amide bonds. The minimum Gasteiger partial charge on any atom is -0.351 e. The lowest BCUT2D eigenvalue weighted by molar-refractivity contribution is -0.127. The van der Waals surface area contributed by atoms with Crippen LogP contribution in [-0.4, -0.2) is 28.2 Å². The number of hydrogen-bond acceptors (Lipinski definition) is 5. The number of nitrogens with one attached hydrogen (secondary N) is 1. The first kappa shape index (κ1) is 15.9. The number of aliphatic hydroxyl groups excluding tert-OH is 1. The Morgan fingerprint density at radius 2 is 1.68 bits per heavy atom. The van der Waals surface area contributed by atoms with E-state index in [4.69, 9.17) is 10.2 Å². The second-order valence-corrected chi connectivity index (χ2v) is 6.33. The van der Waals surface area contributed by atoms with Crippen molar-refractivity contribution in [2.24, 2.45) is 11.3 Å². The lowest BCUT2D eigenvalue weighted by Crippen LogP contribution is -2.37. The van der Waals surface area contributed by atoms with Gasteiger partial charge in [-0.15, -0.1) is 0 Å². The summed E-state index contributed by atoms with van der Waals surface area (Å²) in [6.07, 6.45) is -0.723. The third-order valence-electron chi connectivity index (χ3n) is 3.05. The van der Waals surface area contributed by atoms with Crippen LogP contribution in [0.15, 0.2) is 11.3 Å². The minimum atomic E-state index is -1.77. The average molecular weight is 269 g/mol. The van der Waals surface area contributed by atoms with Gasteiger partial charge in [0.25, 0.3) is 0 Å². The number of carbonyl (C=O) groups is 2. The standard InChI is InChI=1S/C14H23NO4/c1-8(2)5-9(15-13(18)19)12-10(16)6-14(3,4)7-11(12)17/h8,13,15,18-19H,5-7H2,1-4H3. The summed E-state index contributed by atoms with van der Waals surface area (Å²) < 4.78 is 0. The number of hydrogen-bond donors (Lipinski definition) is 3. The Hall–Kier alpha value is -1.20. The number of rotatable bonds is 4. The van der Waals surface area contributed by atoms with Crippen molar-refractivity contribution in [1.29, 1.82) is 0 Å². The summed E-state index contributed by atoms with van der Waals surface area (Å²) in [4.78, 5) is 24.3. The van der Waals surface area contributed by atoms with Crippen molar-refractivity contribution < 1.29 is 19.8 Å². The summed E-state index contributed by atoms with van der Waals surface area (Å²) in [6.45, 7) is 7.65. The zero-order valence-electron chi connectivity index (χ0n) is 12.0. The summed E-state index contributed by atoms with van der Waals surface area (Å²) in [5.74, 6) is -0.237. The molecule has 1 fully saturated rings. The molecule has 0 bridgehead atoms. The first-order chi connectivity index (χ1) is 8.62. The van der Waals surface area contributed by atoms with Gasteiger partial charge in [-0.2, -0.15) is 0 Å². The van der Waals surface area contributed by atoms with E-state index < -0.39 is 6.41 Å². The van der Waals surface area contributed by atoms with Gasteiger partial charge >= 0.3 is 0 Å². The normalized spacial score (nSPS) is 19.3. The lowest BCUT2D eigenvalue weighted by Gasteiger charge is -2.30. The molecule has 5 heteroatoms. The van der Waals surface area contributed by atoms with Gasteiger partial charge in [0.05, 0.1) is 5.57 Å². The van der Waals surface area contributed by atoms with Gasteiger partial charge in [-0.05, 0) is 17.8 Å². The van der Waals surface area contributed by atoms with E-state index in [9.17, 15) is 9.59 Å². The van der Waals surface area contributed by atoms with Gasteiger partial charge < -0.3 is 15.5 Å². The van der Waals surface area contributed by atoms with E-state index in [1.54, 1.807) is 0 Å². The predicted octanol–water partition coefficient (Wildman–Crippen LogP) is 1.10. The Labute approximate surface area is 113 Å². The molecule has 1 rings (SSSR count). The van der Waals surface area contributed by atoms with Gasteiger partial charge in [-0.25, -0.2) is 0 Å². The first-order valence-electron chi connectivity index (χ1n) is 6.54. The monoisotopic (exact) mass is 269 g/mol. The quantitative estimate of drug-likeness (QED) is 0.404.